The minimum atomic E-state index is -5.05. The molecule has 0 radical (unpaired) electrons. The molecule has 0 bridgehead atoms. The van der Waals surface area contributed by atoms with Crippen molar-refractivity contribution in [1.29, 1.82) is 0 Å². The highest BCUT2D eigenvalue weighted by Crippen LogP contribution is 2.60. The molecule has 14 heavy (non-hydrogen) atoms. The van der Waals surface area contributed by atoms with Gasteiger partial charge in [0.15, 0.2) is 0 Å². The molecule has 0 saturated carbocycles. The van der Waals surface area contributed by atoms with E-state index < -0.39 is 16.1 Å². The summed E-state index contributed by atoms with van der Waals surface area (Å²) in [5, 5.41) is 0. The third-order valence-electron chi connectivity index (χ3n) is 1.83. The zero-order valence-electron chi connectivity index (χ0n) is 8.14. The number of benzene rings is 1. The van der Waals surface area contributed by atoms with E-state index in [1.807, 2.05) is 13.8 Å². The Morgan fingerprint density at radius 1 is 1.07 bits per heavy atom. The van der Waals surface area contributed by atoms with E-state index in [4.69, 9.17) is 0 Å². The molecule has 1 aromatic rings. The average Bonchev–Trinajstić information content (AvgIpc) is 2.02. The normalized spacial score (nSPS) is 13.3. The summed E-state index contributed by atoms with van der Waals surface area (Å²) in [6, 6.07) is 5.48. The molecular weight excluding hydrogens is 209 g/mol. The Balaban J connectivity index is 2.79. The molecule has 0 aromatic heterocycles. The number of hydrogen-bond acceptors (Lipinski definition) is 0. The fourth-order valence-corrected chi connectivity index (χ4v) is 1.70. The summed E-state index contributed by atoms with van der Waals surface area (Å²) in [5.74, 6) is 0.471. The molecule has 0 aliphatic carbocycles. The molecule has 0 unspecified atom stereocenters. The van der Waals surface area contributed by atoms with Crippen LogP contribution < -0.4 is 0 Å². The van der Waals surface area contributed by atoms with Gasteiger partial charge >= 0.3 is 0 Å². The highest BCUT2D eigenvalue weighted by molar-refractivity contribution is 8.20. The van der Waals surface area contributed by atoms with E-state index >= 15 is 0 Å². The largest absolute Gasteiger partial charge is 0.237 e. The maximum Gasteiger partial charge on any atom is 0.237 e. The minimum absolute atomic E-state index is 0.471. The lowest BCUT2D eigenvalue weighted by atomic mass is 10.0. The summed E-state index contributed by atoms with van der Waals surface area (Å²) in [7, 11) is 0. The topological polar surface area (TPSA) is 0 Å². The lowest BCUT2D eigenvalue weighted by molar-refractivity contribution is 0.631. The van der Waals surface area contributed by atoms with Gasteiger partial charge in [-0.3, -0.25) is 0 Å². The maximum atomic E-state index is 12.3. The van der Waals surface area contributed by atoms with E-state index in [1.54, 1.807) is 12.1 Å². The molecule has 1 rings (SSSR count). The Kier molecular flexibility index (Phi) is 3.48. The summed E-state index contributed by atoms with van der Waals surface area (Å²) >= 11 is -5.05. The molecule has 0 aliphatic heterocycles. The zero-order valence-corrected chi connectivity index (χ0v) is 8.95. The second-order valence-electron chi connectivity index (χ2n) is 3.65. The van der Waals surface area contributed by atoms with Crippen molar-refractivity contribution in [2.24, 2.45) is 5.92 Å². The molecule has 4 heteroatoms. The molecule has 80 valence electrons. The molecule has 0 saturated heterocycles. The predicted octanol–water partition coefficient (Wildman–Crippen LogP) is 4.70. The van der Waals surface area contributed by atoms with Crippen molar-refractivity contribution >= 4 is 11.2 Å². The molecule has 0 aliphatic rings. The van der Waals surface area contributed by atoms with Gasteiger partial charge in [0, 0.05) is 0 Å². The van der Waals surface area contributed by atoms with Gasteiger partial charge in [-0.1, -0.05) is 26.0 Å². The van der Waals surface area contributed by atoms with Crippen LogP contribution >= 0.6 is 11.2 Å². The smallest absolute Gasteiger partial charge is 0.120 e. The van der Waals surface area contributed by atoms with E-state index in [-0.39, 0.29) is 0 Å². The zero-order chi connectivity index (χ0) is 10.8. The van der Waals surface area contributed by atoms with Gasteiger partial charge in [0.1, 0.15) is 0 Å². The van der Waals surface area contributed by atoms with Crippen LogP contribution in [0.15, 0.2) is 29.2 Å². The van der Waals surface area contributed by atoms with Gasteiger partial charge in [-0.2, -0.15) is 0 Å². The Morgan fingerprint density at radius 2 is 1.57 bits per heavy atom. The Bertz CT molecular complexity index is 287. The van der Waals surface area contributed by atoms with Gasteiger partial charge in [0.05, 0.1) is 4.90 Å². The van der Waals surface area contributed by atoms with Crippen molar-refractivity contribution in [2.45, 2.75) is 25.2 Å². The van der Waals surface area contributed by atoms with E-state index in [0.29, 0.717) is 5.92 Å². The summed E-state index contributed by atoms with van der Waals surface area (Å²) in [6.07, 6.45) is 0.827. The first-order valence-corrected chi connectivity index (χ1v) is 5.74. The lowest BCUT2D eigenvalue weighted by Gasteiger charge is -2.11. The molecule has 0 fully saturated rings. The van der Waals surface area contributed by atoms with Crippen LogP contribution in [0.2, 0.25) is 0 Å². The van der Waals surface area contributed by atoms with E-state index in [0.717, 1.165) is 12.0 Å². The molecule has 0 N–H and O–H groups in total. The van der Waals surface area contributed by atoms with Crippen molar-refractivity contribution in [3.05, 3.63) is 29.8 Å². The van der Waals surface area contributed by atoms with E-state index in [1.165, 1.54) is 12.1 Å². The first kappa shape index (κ1) is 11.4. The van der Waals surface area contributed by atoms with Crippen molar-refractivity contribution in [3.8, 4) is 0 Å². The van der Waals surface area contributed by atoms with Crippen LogP contribution in [0.5, 0.6) is 0 Å². The SMILES string of the molecule is CC(C)Cc1ccc(S(F)(F)F)cc1. The first-order valence-electron chi connectivity index (χ1n) is 4.40. The molecule has 0 nitrogen and oxygen atoms in total. The molecule has 0 amide bonds. The van der Waals surface area contributed by atoms with Crippen LogP contribution in [0.1, 0.15) is 19.4 Å². The average molecular weight is 222 g/mol. The molecule has 0 spiro atoms. The Labute approximate surface area is 84.3 Å². The summed E-state index contributed by atoms with van der Waals surface area (Å²) < 4.78 is 36.8. The van der Waals surface area contributed by atoms with Gasteiger partial charge in [0.25, 0.3) is 0 Å². The summed E-state index contributed by atoms with van der Waals surface area (Å²) in [6.45, 7) is 4.09. The van der Waals surface area contributed by atoms with Crippen molar-refractivity contribution in [2.75, 3.05) is 0 Å². The van der Waals surface area contributed by atoms with E-state index in [2.05, 4.69) is 0 Å². The van der Waals surface area contributed by atoms with Gasteiger partial charge in [-0.05, 0) is 30.0 Å². The van der Waals surface area contributed by atoms with Gasteiger partial charge in [0.2, 0.25) is 11.2 Å². The number of hydrogen-bond donors (Lipinski definition) is 0. The van der Waals surface area contributed by atoms with E-state index in [9.17, 15) is 11.7 Å². The third-order valence-corrected chi connectivity index (χ3v) is 2.64. The minimum Gasteiger partial charge on any atom is -0.120 e. The quantitative estimate of drug-likeness (QED) is 0.695. The van der Waals surface area contributed by atoms with Gasteiger partial charge in [-0.15, -0.1) is 11.7 Å². The number of rotatable bonds is 3. The Hall–Kier alpha value is -0.640. The predicted molar refractivity (Wildman–Crippen MR) is 54.2 cm³/mol. The molecular formula is C10H13F3S. The second kappa shape index (κ2) is 4.26. The van der Waals surface area contributed by atoms with Crippen LogP contribution in [0.4, 0.5) is 11.7 Å². The van der Waals surface area contributed by atoms with Crippen LogP contribution in [-0.2, 0) is 6.42 Å². The van der Waals surface area contributed by atoms with Gasteiger partial charge < -0.3 is 0 Å². The standard InChI is InChI=1S/C10H13F3S/c1-8(2)7-9-3-5-10(6-4-9)14(11,12)13/h3-6,8H,7H2,1-2H3. The molecule has 0 atom stereocenters. The second-order valence-corrected chi connectivity index (χ2v) is 4.93. The van der Waals surface area contributed by atoms with Crippen molar-refractivity contribution < 1.29 is 11.7 Å². The van der Waals surface area contributed by atoms with Crippen LogP contribution in [0, 0.1) is 5.92 Å². The molecule has 0 heterocycles. The summed E-state index contributed by atoms with van der Waals surface area (Å²) in [4.78, 5) is -0.495. The van der Waals surface area contributed by atoms with Crippen LogP contribution in [-0.4, -0.2) is 0 Å². The van der Waals surface area contributed by atoms with Crippen molar-refractivity contribution in [1.82, 2.24) is 0 Å². The molecule has 1 aromatic carbocycles. The highest BCUT2D eigenvalue weighted by Gasteiger charge is 2.23. The Morgan fingerprint density at radius 3 is 1.93 bits per heavy atom. The van der Waals surface area contributed by atoms with Crippen LogP contribution in [0.25, 0.3) is 0 Å². The highest BCUT2D eigenvalue weighted by atomic mass is 32.3. The summed E-state index contributed by atoms with van der Waals surface area (Å²) in [5.41, 5.74) is 0.965. The fourth-order valence-electron chi connectivity index (χ4n) is 1.25. The lowest BCUT2D eigenvalue weighted by Crippen LogP contribution is -1.93. The maximum absolute atomic E-state index is 12.3. The van der Waals surface area contributed by atoms with Gasteiger partial charge in [-0.25, -0.2) is 0 Å². The monoisotopic (exact) mass is 222 g/mol. The van der Waals surface area contributed by atoms with Crippen molar-refractivity contribution in [3.63, 3.8) is 0 Å². The first-order chi connectivity index (χ1) is 6.39. The van der Waals surface area contributed by atoms with Crippen LogP contribution in [0.3, 0.4) is 0 Å². The third kappa shape index (κ3) is 3.25. The fraction of sp³-hybridized carbons (Fsp3) is 0.400. The number of halogens is 3.